The van der Waals surface area contributed by atoms with Crippen LogP contribution in [0, 0.1) is 0 Å². The maximum absolute atomic E-state index is 12.6. The van der Waals surface area contributed by atoms with Crippen molar-refractivity contribution in [1.29, 1.82) is 0 Å². The average molecular weight is 621 g/mol. The molecule has 0 fully saturated rings. The van der Waals surface area contributed by atoms with Crippen molar-refractivity contribution in [2.45, 2.75) is 18.6 Å². The van der Waals surface area contributed by atoms with Crippen molar-refractivity contribution in [3.05, 3.63) is 87.6 Å². The third-order valence-electron chi connectivity index (χ3n) is 5.24. The molecular weight excluding hydrogens is 597 g/mol. The number of hydrogen-bond acceptors (Lipinski definition) is 7. The third kappa shape index (κ3) is 8.28. The summed E-state index contributed by atoms with van der Waals surface area (Å²) >= 11 is 19.4. The molecule has 0 saturated carbocycles. The highest BCUT2D eigenvalue weighted by molar-refractivity contribution is 7.99. The number of aromatic nitrogens is 3. The molecule has 0 bridgehead atoms. The van der Waals surface area contributed by atoms with Crippen molar-refractivity contribution >= 4 is 64.1 Å². The zero-order valence-corrected chi connectivity index (χ0v) is 24.3. The van der Waals surface area contributed by atoms with Crippen molar-refractivity contribution in [3.8, 4) is 17.2 Å². The molecule has 4 rings (SSSR count). The van der Waals surface area contributed by atoms with Crippen LogP contribution < -0.4 is 20.1 Å². The number of benzene rings is 3. The highest BCUT2D eigenvalue weighted by atomic mass is 35.5. The predicted octanol–water partition coefficient (Wildman–Crippen LogP) is 6.05. The van der Waals surface area contributed by atoms with Crippen molar-refractivity contribution in [1.82, 2.24) is 20.1 Å². The summed E-state index contributed by atoms with van der Waals surface area (Å²) in [6.07, 6.45) is 0. The van der Waals surface area contributed by atoms with Gasteiger partial charge in [-0.2, -0.15) is 0 Å². The molecule has 2 N–H and O–H groups in total. The predicted molar refractivity (Wildman–Crippen MR) is 157 cm³/mol. The number of thioether (sulfide) groups is 1. The summed E-state index contributed by atoms with van der Waals surface area (Å²) in [7, 11) is 0. The lowest BCUT2D eigenvalue weighted by molar-refractivity contribution is -0.123. The molecule has 0 spiro atoms. The van der Waals surface area contributed by atoms with Gasteiger partial charge < -0.3 is 20.1 Å². The van der Waals surface area contributed by atoms with Gasteiger partial charge in [0.2, 0.25) is 5.91 Å². The quantitative estimate of drug-likeness (QED) is 0.186. The van der Waals surface area contributed by atoms with E-state index in [9.17, 15) is 9.59 Å². The van der Waals surface area contributed by atoms with Gasteiger partial charge in [-0.05, 0) is 67.6 Å². The fraction of sp³-hybridized carbons (Fsp3) is 0.185. The minimum Gasteiger partial charge on any atom is -0.494 e. The Morgan fingerprint density at radius 3 is 2.42 bits per heavy atom. The fourth-order valence-corrected chi connectivity index (χ4v) is 4.89. The number of nitrogens with one attached hydrogen (secondary N) is 2. The molecule has 0 radical (unpaired) electrons. The molecule has 2 amide bonds. The van der Waals surface area contributed by atoms with Gasteiger partial charge in [-0.15, -0.1) is 10.2 Å². The summed E-state index contributed by atoms with van der Waals surface area (Å²) < 4.78 is 12.7. The molecule has 13 heteroatoms. The Kier molecular flexibility index (Phi) is 10.5. The molecule has 9 nitrogen and oxygen atoms in total. The van der Waals surface area contributed by atoms with E-state index in [0.29, 0.717) is 49.8 Å². The fourth-order valence-electron chi connectivity index (χ4n) is 3.48. The van der Waals surface area contributed by atoms with Gasteiger partial charge in [-0.25, -0.2) is 0 Å². The maximum atomic E-state index is 12.6. The van der Waals surface area contributed by atoms with Crippen molar-refractivity contribution in [2.75, 3.05) is 24.3 Å². The van der Waals surface area contributed by atoms with Crippen molar-refractivity contribution in [2.24, 2.45) is 0 Å². The Balaban J connectivity index is 1.40. The van der Waals surface area contributed by atoms with Gasteiger partial charge in [0.1, 0.15) is 11.5 Å². The lowest BCUT2D eigenvalue weighted by Gasteiger charge is -2.12. The highest BCUT2D eigenvalue weighted by Gasteiger charge is 2.17. The lowest BCUT2D eigenvalue weighted by Crippen LogP contribution is -2.29. The summed E-state index contributed by atoms with van der Waals surface area (Å²) in [6.45, 7) is 2.25. The molecule has 0 aliphatic heterocycles. The Bertz CT molecular complexity index is 1480. The van der Waals surface area contributed by atoms with Crippen LogP contribution in [0.15, 0.2) is 71.9 Å². The smallest absolute Gasteiger partial charge is 0.258 e. The molecule has 1 heterocycles. The summed E-state index contributed by atoms with van der Waals surface area (Å²) in [6, 6.07) is 19.0. The first-order chi connectivity index (χ1) is 19.3. The Hall–Kier alpha value is -3.44. The SMILES string of the molecule is CCOc1ccc(NC(=O)CSc2nnc(CNC(=O)COc3ccc(Cl)cc3Cl)n2-c2cccc(Cl)c2)cc1. The number of nitrogens with zero attached hydrogens (tertiary/aromatic N) is 3. The van der Waals surface area contributed by atoms with E-state index >= 15 is 0 Å². The summed E-state index contributed by atoms with van der Waals surface area (Å²) in [5.74, 6) is 0.969. The number of anilines is 1. The second-order valence-corrected chi connectivity index (χ2v) is 10.4. The number of rotatable bonds is 12. The van der Waals surface area contributed by atoms with Crippen molar-refractivity contribution < 1.29 is 19.1 Å². The highest BCUT2D eigenvalue weighted by Crippen LogP contribution is 2.28. The first-order valence-electron chi connectivity index (χ1n) is 12.0. The minimum atomic E-state index is -0.393. The number of ether oxygens (including phenoxy) is 2. The largest absolute Gasteiger partial charge is 0.494 e. The number of carbonyl (C=O) groups excluding carboxylic acids is 2. The van der Waals surface area contributed by atoms with E-state index in [1.54, 1.807) is 59.2 Å². The maximum Gasteiger partial charge on any atom is 0.258 e. The molecule has 208 valence electrons. The number of hydrogen-bond donors (Lipinski definition) is 2. The van der Waals surface area contributed by atoms with E-state index in [0.717, 1.165) is 5.75 Å². The number of halogens is 3. The van der Waals surface area contributed by atoms with E-state index in [2.05, 4.69) is 20.8 Å². The van der Waals surface area contributed by atoms with Gasteiger partial charge in [0.05, 0.1) is 29.6 Å². The molecule has 1 aromatic heterocycles. The second-order valence-electron chi connectivity index (χ2n) is 8.15. The molecular formula is C27H24Cl3N5O4S. The van der Waals surface area contributed by atoms with E-state index in [-0.39, 0.29) is 24.8 Å². The van der Waals surface area contributed by atoms with E-state index in [1.165, 1.54) is 17.8 Å². The first-order valence-corrected chi connectivity index (χ1v) is 14.1. The standard InChI is InChI=1S/C27H24Cl3N5O4S/c1-2-38-21-9-7-19(8-10-21)32-26(37)16-40-27-34-33-24(35(27)20-5-3-4-17(28)12-20)14-31-25(36)15-39-23-11-6-18(29)13-22(23)30/h3-13H,2,14-16H2,1H3,(H,31,36)(H,32,37). The van der Waals surface area contributed by atoms with Crippen LogP contribution in [0.1, 0.15) is 12.7 Å². The van der Waals surface area contributed by atoms with E-state index < -0.39 is 5.91 Å². The topological polar surface area (TPSA) is 107 Å². The Morgan fingerprint density at radius 2 is 1.70 bits per heavy atom. The monoisotopic (exact) mass is 619 g/mol. The third-order valence-corrected chi connectivity index (χ3v) is 6.94. The Labute approximate surface area is 250 Å². The van der Waals surface area contributed by atoms with Crippen LogP contribution in [-0.2, 0) is 16.1 Å². The second kappa shape index (κ2) is 14.3. The van der Waals surface area contributed by atoms with Crippen LogP contribution in [-0.4, -0.2) is 45.5 Å². The van der Waals surface area contributed by atoms with Crippen LogP contribution in [0.25, 0.3) is 5.69 Å². The van der Waals surface area contributed by atoms with Crippen LogP contribution in [0.2, 0.25) is 15.1 Å². The summed E-state index contributed by atoms with van der Waals surface area (Å²) in [5.41, 5.74) is 1.33. The van der Waals surface area contributed by atoms with E-state index in [1.807, 2.05) is 13.0 Å². The zero-order valence-electron chi connectivity index (χ0n) is 21.2. The van der Waals surface area contributed by atoms with Crippen LogP contribution >= 0.6 is 46.6 Å². The van der Waals surface area contributed by atoms with Gasteiger partial charge in [0, 0.05) is 15.7 Å². The summed E-state index contributed by atoms with van der Waals surface area (Å²) in [4.78, 5) is 25.1. The molecule has 3 aromatic carbocycles. The summed E-state index contributed by atoms with van der Waals surface area (Å²) in [5, 5.41) is 15.8. The van der Waals surface area contributed by atoms with Gasteiger partial charge in [-0.3, -0.25) is 14.2 Å². The van der Waals surface area contributed by atoms with Crippen LogP contribution in [0.4, 0.5) is 5.69 Å². The Morgan fingerprint density at radius 1 is 0.925 bits per heavy atom. The minimum absolute atomic E-state index is 0.0506. The zero-order chi connectivity index (χ0) is 28.5. The van der Waals surface area contributed by atoms with Crippen LogP contribution in [0.3, 0.4) is 0 Å². The molecule has 40 heavy (non-hydrogen) atoms. The average Bonchev–Trinajstić information content (AvgIpc) is 3.34. The molecule has 0 aliphatic rings. The first kappa shape index (κ1) is 29.5. The molecule has 0 unspecified atom stereocenters. The number of amides is 2. The van der Waals surface area contributed by atoms with Gasteiger partial charge >= 0.3 is 0 Å². The van der Waals surface area contributed by atoms with Crippen LogP contribution in [0.5, 0.6) is 11.5 Å². The molecule has 4 aromatic rings. The van der Waals surface area contributed by atoms with Crippen molar-refractivity contribution in [3.63, 3.8) is 0 Å². The number of carbonyl (C=O) groups is 2. The molecule has 0 atom stereocenters. The molecule has 0 saturated heterocycles. The lowest BCUT2D eigenvalue weighted by atomic mass is 10.3. The van der Waals surface area contributed by atoms with Gasteiger partial charge in [0.15, 0.2) is 17.6 Å². The normalized spacial score (nSPS) is 10.7. The van der Waals surface area contributed by atoms with Gasteiger partial charge in [-0.1, -0.05) is 52.6 Å². The molecule has 0 aliphatic carbocycles. The van der Waals surface area contributed by atoms with E-state index in [4.69, 9.17) is 44.3 Å². The van der Waals surface area contributed by atoms with Gasteiger partial charge in [0.25, 0.3) is 5.91 Å².